The topological polar surface area (TPSA) is 85.3 Å². The molecule has 0 bridgehead atoms. The largest absolute Gasteiger partial charge is 0.477 e. The Morgan fingerprint density at radius 3 is 2.67 bits per heavy atom. The molecular weight excluding hydrogens is 427 g/mol. The summed E-state index contributed by atoms with van der Waals surface area (Å²) in [5, 5.41) is 9.56. The number of aromatic nitrogens is 1. The van der Waals surface area contributed by atoms with Crippen LogP contribution in [0.1, 0.15) is 64.1 Å². The molecule has 2 aliphatic carbocycles. The highest BCUT2D eigenvalue weighted by Crippen LogP contribution is 2.44. The van der Waals surface area contributed by atoms with Crippen LogP contribution in [0.15, 0.2) is 23.1 Å². The van der Waals surface area contributed by atoms with Crippen molar-refractivity contribution in [2.24, 2.45) is 5.73 Å². The number of aromatic carboxylic acids is 1. The number of nitrogens with zero attached hydrogens (tertiary/aromatic N) is 1. The number of aryl methyl sites for hydroxylation is 2. The van der Waals surface area contributed by atoms with Crippen LogP contribution >= 0.6 is 23.7 Å². The molecule has 1 unspecified atom stereocenters. The van der Waals surface area contributed by atoms with Crippen molar-refractivity contribution in [3.05, 3.63) is 55.9 Å². The molecule has 5 nitrogen and oxygen atoms in total. The number of hydrogen-bond acceptors (Lipinski definition) is 4. The van der Waals surface area contributed by atoms with Crippen molar-refractivity contribution in [3.63, 3.8) is 0 Å². The molecule has 5 rings (SSSR count). The Morgan fingerprint density at radius 1 is 1.30 bits per heavy atom. The van der Waals surface area contributed by atoms with Gasteiger partial charge in [0.2, 0.25) is 5.43 Å². The maximum Gasteiger partial charge on any atom is 0.341 e. The molecule has 2 heterocycles. The van der Waals surface area contributed by atoms with Gasteiger partial charge in [-0.15, -0.1) is 23.7 Å². The van der Waals surface area contributed by atoms with E-state index in [1.54, 1.807) is 11.3 Å². The first-order valence-electron chi connectivity index (χ1n) is 9.86. The van der Waals surface area contributed by atoms with Gasteiger partial charge in [-0.2, -0.15) is 0 Å². The van der Waals surface area contributed by atoms with Crippen molar-refractivity contribution < 1.29 is 14.3 Å². The van der Waals surface area contributed by atoms with Gasteiger partial charge in [0.25, 0.3) is 0 Å². The maximum atomic E-state index is 15.3. The van der Waals surface area contributed by atoms with Crippen molar-refractivity contribution >= 4 is 40.6 Å². The number of hydrogen-bond donors (Lipinski definition) is 2. The summed E-state index contributed by atoms with van der Waals surface area (Å²) in [7, 11) is 0. The van der Waals surface area contributed by atoms with E-state index >= 15 is 4.39 Å². The molecule has 30 heavy (non-hydrogen) atoms. The van der Waals surface area contributed by atoms with Crippen molar-refractivity contribution in [2.75, 3.05) is 0 Å². The smallest absolute Gasteiger partial charge is 0.341 e. The molecular formula is C22H22ClFN2O3S. The predicted octanol–water partition coefficient (Wildman–Crippen LogP) is 4.97. The van der Waals surface area contributed by atoms with Gasteiger partial charge in [0.05, 0.1) is 5.52 Å². The van der Waals surface area contributed by atoms with Crippen LogP contribution in [-0.4, -0.2) is 15.6 Å². The zero-order valence-corrected chi connectivity index (χ0v) is 18.0. The van der Waals surface area contributed by atoms with E-state index in [4.69, 9.17) is 5.73 Å². The van der Waals surface area contributed by atoms with E-state index in [1.165, 1.54) is 17.1 Å². The summed E-state index contributed by atoms with van der Waals surface area (Å²) in [6.45, 7) is 1.82. The summed E-state index contributed by atoms with van der Waals surface area (Å²) in [5.74, 6) is -1.78. The van der Waals surface area contributed by atoms with Gasteiger partial charge in [0, 0.05) is 39.0 Å². The van der Waals surface area contributed by atoms with Crippen molar-refractivity contribution in [2.45, 2.75) is 51.1 Å². The van der Waals surface area contributed by atoms with Gasteiger partial charge in [-0.1, -0.05) is 0 Å². The number of halogens is 2. The van der Waals surface area contributed by atoms with E-state index in [0.29, 0.717) is 16.6 Å². The minimum Gasteiger partial charge on any atom is -0.477 e. The fourth-order valence-electron chi connectivity index (χ4n) is 4.49. The molecule has 3 N–H and O–H groups in total. The number of benzene rings is 1. The lowest BCUT2D eigenvalue weighted by Crippen LogP contribution is -2.19. The molecule has 1 saturated carbocycles. The summed E-state index contributed by atoms with van der Waals surface area (Å²) in [6, 6.07) is 3.34. The number of thiophene rings is 1. The lowest BCUT2D eigenvalue weighted by molar-refractivity contribution is 0.0695. The number of rotatable bonds is 3. The van der Waals surface area contributed by atoms with Crippen LogP contribution in [-0.2, 0) is 6.42 Å². The zero-order valence-electron chi connectivity index (χ0n) is 16.4. The van der Waals surface area contributed by atoms with E-state index in [-0.39, 0.29) is 35.4 Å². The van der Waals surface area contributed by atoms with Crippen molar-refractivity contribution in [3.8, 4) is 10.4 Å². The Morgan fingerprint density at radius 2 is 2.03 bits per heavy atom. The van der Waals surface area contributed by atoms with Gasteiger partial charge in [0.15, 0.2) is 0 Å². The first-order chi connectivity index (χ1) is 13.9. The quantitative estimate of drug-likeness (QED) is 0.592. The molecule has 3 aromatic rings. The highest BCUT2D eigenvalue weighted by molar-refractivity contribution is 7.15. The van der Waals surface area contributed by atoms with E-state index in [1.807, 2.05) is 17.6 Å². The highest BCUT2D eigenvalue weighted by atomic mass is 35.5. The molecule has 2 aromatic heterocycles. The van der Waals surface area contributed by atoms with Gasteiger partial charge < -0.3 is 15.4 Å². The van der Waals surface area contributed by atoms with Crippen molar-refractivity contribution in [1.29, 1.82) is 0 Å². The average molecular weight is 449 g/mol. The van der Waals surface area contributed by atoms with E-state index in [0.717, 1.165) is 42.5 Å². The second-order valence-electron chi connectivity index (χ2n) is 8.06. The number of carboxylic acid groups (broad SMARTS) is 1. The number of carbonyl (C=O) groups is 1. The van der Waals surface area contributed by atoms with Crippen LogP contribution in [0.2, 0.25) is 0 Å². The molecule has 0 saturated heterocycles. The Labute approximate surface area is 182 Å². The van der Waals surface area contributed by atoms with E-state index in [2.05, 4.69) is 0 Å². The Balaban J connectivity index is 0.00000218. The van der Waals surface area contributed by atoms with Crippen LogP contribution < -0.4 is 11.2 Å². The molecule has 0 spiro atoms. The normalized spacial score (nSPS) is 18.2. The molecule has 1 fully saturated rings. The third-order valence-corrected chi connectivity index (χ3v) is 7.32. The number of pyridine rings is 1. The Kier molecular flexibility index (Phi) is 5.24. The summed E-state index contributed by atoms with van der Waals surface area (Å²) in [5.41, 5.74) is 8.20. The number of fused-ring (bicyclic) bond motifs is 2. The molecule has 2 aliphatic rings. The second kappa shape index (κ2) is 7.48. The maximum absolute atomic E-state index is 15.3. The fraction of sp³-hybridized carbons (Fsp3) is 0.364. The summed E-state index contributed by atoms with van der Waals surface area (Å²) in [6.07, 6.45) is 6.19. The summed E-state index contributed by atoms with van der Waals surface area (Å²) in [4.78, 5) is 26.3. The minimum atomic E-state index is -1.28. The Hall–Kier alpha value is -2.22. The van der Waals surface area contributed by atoms with Crippen molar-refractivity contribution in [1.82, 2.24) is 4.57 Å². The molecule has 8 heteroatoms. The molecule has 1 atom stereocenters. The van der Waals surface area contributed by atoms with E-state index < -0.39 is 17.2 Å². The number of nitrogens with two attached hydrogens (primary N) is 1. The molecule has 0 radical (unpaired) electrons. The first-order valence-corrected chi connectivity index (χ1v) is 10.7. The van der Waals surface area contributed by atoms with Gasteiger partial charge in [0.1, 0.15) is 11.4 Å². The standard InChI is InChI=1S/C22H21FN2O3S.ClH/c1-10-19(18-8-12-16(24)3-2-4-17(12)29-18)15(23)7-13-20(10)25(11-5-6-11)9-14(21(13)26)22(27)28;/h7-9,11,16H,2-6,24H2,1H3,(H,27,28);1H. The average Bonchev–Trinajstić information content (AvgIpc) is 3.42. The minimum absolute atomic E-state index is 0. The zero-order chi connectivity index (χ0) is 20.4. The van der Waals surface area contributed by atoms with Crippen LogP contribution in [0.5, 0.6) is 0 Å². The van der Waals surface area contributed by atoms with Crippen LogP contribution in [0.25, 0.3) is 21.3 Å². The highest BCUT2D eigenvalue weighted by Gasteiger charge is 2.30. The fourth-order valence-corrected chi connectivity index (χ4v) is 5.87. The van der Waals surface area contributed by atoms with Gasteiger partial charge >= 0.3 is 5.97 Å². The van der Waals surface area contributed by atoms with Crippen LogP contribution in [0.3, 0.4) is 0 Å². The predicted molar refractivity (Wildman–Crippen MR) is 119 cm³/mol. The molecule has 0 amide bonds. The van der Waals surface area contributed by atoms with E-state index in [9.17, 15) is 14.7 Å². The molecule has 1 aromatic carbocycles. The summed E-state index contributed by atoms with van der Waals surface area (Å²) >= 11 is 1.57. The third kappa shape index (κ3) is 3.16. The number of carboxylic acids is 1. The summed E-state index contributed by atoms with van der Waals surface area (Å²) < 4.78 is 17.1. The molecule has 0 aliphatic heterocycles. The monoisotopic (exact) mass is 448 g/mol. The van der Waals surface area contributed by atoms with Gasteiger partial charge in [-0.3, -0.25) is 4.79 Å². The molecule has 158 valence electrons. The van der Waals surface area contributed by atoms with Crippen LogP contribution in [0, 0.1) is 12.7 Å². The SMILES string of the molecule is Cc1c(-c2cc3c(s2)CCCC3N)c(F)cc2c(=O)c(C(=O)O)cn(C3CC3)c12.Cl. The third-order valence-electron chi connectivity index (χ3n) is 6.09. The first kappa shape index (κ1) is 21.0. The lowest BCUT2D eigenvalue weighted by Gasteiger charge is -2.17. The lowest BCUT2D eigenvalue weighted by atomic mass is 9.93. The second-order valence-corrected chi connectivity index (χ2v) is 9.19. The van der Waals surface area contributed by atoms with Crippen LogP contribution in [0.4, 0.5) is 4.39 Å². The van der Waals surface area contributed by atoms with Gasteiger partial charge in [-0.05, 0) is 62.3 Å². The van der Waals surface area contributed by atoms with Gasteiger partial charge in [-0.25, -0.2) is 9.18 Å². The Bertz CT molecular complexity index is 1250.